The molecule has 0 heterocycles. The average molecular weight is 446 g/mol. The summed E-state index contributed by atoms with van der Waals surface area (Å²) in [6.45, 7) is 7.09. The minimum absolute atomic E-state index is 0. The standard InChI is InChI=1S/C23H37NO4S.Na/c1-4-5-6-7-8-9-10-11-12-13-14-21-15-17-22(18-16-21)19(2)23(25)24-20(3)29(26,27)28;/h15-18,20H,2,4-14H2,1,3H3,(H,24,25)(H,26,27,28);/q;+1/p-1. The number of carbonyl (C=O) groups excluding carboxylic acids is 1. The predicted octanol–water partition coefficient (Wildman–Crippen LogP) is 2.17. The van der Waals surface area contributed by atoms with Crippen LogP contribution < -0.4 is 34.9 Å². The van der Waals surface area contributed by atoms with Crippen LogP contribution in [0.1, 0.15) is 89.2 Å². The van der Waals surface area contributed by atoms with Crippen LogP contribution in [0.3, 0.4) is 0 Å². The van der Waals surface area contributed by atoms with Crippen LogP contribution >= 0.6 is 0 Å². The molecule has 0 aliphatic rings. The van der Waals surface area contributed by atoms with Crippen LogP contribution in [0.15, 0.2) is 30.8 Å². The maximum Gasteiger partial charge on any atom is 1.00 e. The first kappa shape index (κ1) is 29.3. The van der Waals surface area contributed by atoms with Gasteiger partial charge >= 0.3 is 29.6 Å². The Labute approximate surface area is 205 Å². The van der Waals surface area contributed by atoms with Gasteiger partial charge < -0.3 is 9.87 Å². The Morgan fingerprint density at radius 3 is 1.90 bits per heavy atom. The smallest absolute Gasteiger partial charge is 0.746 e. The van der Waals surface area contributed by atoms with Gasteiger partial charge in [0, 0.05) is 5.57 Å². The van der Waals surface area contributed by atoms with Crippen LogP contribution in [0, 0.1) is 0 Å². The van der Waals surface area contributed by atoms with Crippen molar-refractivity contribution in [2.75, 3.05) is 0 Å². The maximum absolute atomic E-state index is 12.0. The molecule has 1 unspecified atom stereocenters. The Bertz CT molecular complexity index is 732. The third-order valence-corrected chi connectivity index (χ3v) is 6.15. The van der Waals surface area contributed by atoms with Crippen LogP contribution in [0.25, 0.3) is 5.57 Å². The van der Waals surface area contributed by atoms with E-state index in [1.165, 1.54) is 63.4 Å². The summed E-state index contributed by atoms with van der Waals surface area (Å²) in [5.74, 6) is -0.653. The first-order valence-electron chi connectivity index (χ1n) is 10.8. The zero-order chi connectivity index (χ0) is 21.7. The monoisotopic (exact) mass is 445 g/mol. The van der Waals surface area contributed by atoms with Crippen LogP contribution in [0.4, 0.5) is 0 Å². The topological polar surface area (TPSA) is 86.3 Å². The van der Waals surface area contributed by atoms with E-state index in [-0.39, 0.29) is 35.1 Å². The normalized spacial score (nSPS) is 12.1. The van der Waals surface area contributed by atoms with Gasteiger partial charge in [-0.05, 0) is 30.9 Å². The number of carbonyl (C=O) groups is 1. The van der Waals surface area contributed by atoms with Gasteiger partial charge in [0.1, 0.15) is 15.5 Å². The van der Waals surface area contributed by atoms with Crippen LogP contribution in [-0.4, -0.2) is 24.3 Å². The van der Waals surface area contributed by atoms with Crippen molar-refractivity contribution < 1.29 is 47.3 Å². The molecule has 1 amide bonds. The van der Waals surface area contributed by atoms with E-state index in [1.54, 1.807) is 0 Å². The van der Waals surface area contributed by atoms with E-state index in [0.717, 1.165) is 19.8 Å². The van der Waals surface area contributed by atoms with Gasteiger partial charge in [0.15, 0.2) is 0 Å². The number of unbranched alkanes of at least 4 members (excludes halogenated alkanes) is 9. The molecule has 1 aromatic carbocycles. The quantitative estimate of drug-likeness (QED) is 0.194. The Kier molecular flexibility index (Phi) is 15.7. The number of hydrogen-bond donors (Lipinski definition) is 1. The second-order valence-corrected chi connectivity index (χ2v) is 9.41. The average Bonchev–Trinajstić information content (AvgIpc) is 2.68. The summed E-state index contributed by atoms with van der Waals surface area (Å²) in [5.41, 5.74) is 1.97. The van der Waals surface area contributed by atoms with E-state index < -0.39 is 21.4 Å². The molecule has 7 heteroatoms. The molecule has 0 fully saturated rings. The number of amides is 1. The minimum Gasteiger partial charge on any atom is -0.746 e. The Hall–Kier alpha value is -0.660. The van der Waals surface area contributed by atoms with E-state index in [0.29, 0.717) is 5.56 Å². The van der Waals surface area contributed by atoms with Gasteiger partial charge in [-0.25, -0.2) is 8.42 Å². The fraction of sp³-hybridized carbons (Fsp3) is 0.609. The Morgan fingerprint density at radius 2 is 1.43 bits per heavy atom. The van der Waals surface area contributed by atoms with Crippen molar-refractivity contribution in [3.63, 3.8) is 0 Å². The van der Waals surface area contributed by atoms with E-state index in [4.69, 9.17) is 0 Å². The molecule has 0 aromatic heterocycles. The fourth-order valence-electron chi connectivity index (χ4n) is 3.16. The molecule has 0 bridgehead atoms. The molecule has 0 saturated carbocycles. The Balaban J connectivity index is 0.00000841. The molecule has 0 aliphatic carbocycles. The number of nitrogens with one attached hydrogen (secondary N) is 1. The first-order chi connectivity index (χ1) is 13.8. The van der Waals surface area contributed by atoms with Crippen LogP contribution in [0.5, 0.6) is 0 Å². The van der Waals surface area contributed by atoms with Gasteiger partial charge in [0.05, 0.1) is 0 Å². The molecular weight excluding hydrogens is 409 g/mol. The van der Waals surface area contributed by atoms with Crippen molar-refractivity contribution in [2.24, 2.45) is 0 Å². The molecule has 164 valence electrons. The molecule has 1 rings (SSSR count). The van der Waals surface area contributed by atoms with E-state index in [9.17, 15) is 17.8 Å². The molecule has 1 aromatic rings. The Morgan fingerprint density at radius 1 is 0.967 bits per heavy atom. The van der Waals surface area contributed by atoms with Crippen molar-refractivity contribution in [3.8, 4) is 0 Å². The molecule has 5 nitrogen and oxygen atoms in total. The zero-order valence-electron chi connectivity index (χ0n) is 18.9. The SMILES string of the molecule is C=C(C(=O)NC(C)S(=O)(=O)[O-])c1ccc(CCCCCCCCCCCC)cc1.[Na+]. The predicted molar refractivity (Wildman–Crippen MR) is 118 cm³/mol. The van der Waals surface area contributed by atoms with E-state index in [2.05, 4.69) is 18.8 Å². The maximum atomic E-state index is 12.0. The number of hydrogen-bond acceptors (Lipinski definition) is 4. The summed E-state index contributed by atoms with van der Waals surface area (Å²) < 4.78 is 32.7. The van der Waals surface area contributed by atoms with Crippen LogP contribution in [-0.2, 0) is 21.3 Å². The number of aryl methyl sites for hydroxylation is 1. The van der Waals surface area contributed by atoms with Gasteiger partial charge in [-0.3, -0.25) is 4.79 Å². The number of benzene rings is 1. The van der Waals surface area contributed by atoms with Crippen molar-refractivity contribution in [2.45, 2.75) is 89.9 Å². The summed E-state index contributed by atoms with van der Waals surface area (Å²) in [4.78, 5) is 12.0. The summed E-state index contributed by atoms with van der Waals surface area (Å²) in [6, 6.07) is 7.55. The van der Waals surface area contributed by atoms with Crippen molar-refractivity contribution >= 4 is 21.6 Å². The largest absolute Gasteiger partial charge is 1.00 e. The molecule has 0 radical (unpaired) electrons. The van der Waals surface area contributed by atoms with Gasteiger partial charge in [-0.15, -0.1) is 0 Å². The van der Waals surface area contributed by atoms with Gasteiger partial charge in [-0.1, -0.05) is 95.6 Å². The second kappa shape index (κ2) is 16.0. The van der Waals surface area contributed by atoms with Crippen molar-refractivity contribution in [1.29, 1.82) is 0 Å². The zero-order valence-corrected chi connectivity index (χ0v) is 21.7. The second-order valence-electron chi connectivity index (χ2n) is 7.72. The van der Waals surface area contributed by atoms with Gasteiger partial charge in [-0.2, -0.15) is 0 Å². The van der Waals surface area contributed by atoms with Gasteiger partial charge in [0.2, 0.25) is 0 Å². The molecule has 0 aliphatic heterocycles. The molecule has 1 atom stereocenters. The molecule has 30 heavy (non-hydrogen) atoms. The summed E-state index contributed by atoms with van der Waals surface area (Å²) in [5, 5.41) is 0.683. The number of rotatable bonds is 15. The summed E-state index contributed by atoms with van der Waals surface area (Å²) in [6.07, 6.45) is 14.1. The summed E-state index contributed by atoms with van der Waals surface area (Å²) in [7, 11) is -4.57. The molecule has 1 N–H and O–H groups in total. The third-order valence-electron chi connectivity index (χ3n) is 5.16. The third kappa shape index (κ3) is 12.3. The van der Waals surface area contributed by atoms with Gasteiger partial charge in [0.25, 0.3) is 5.91 Å². The van der Waals surface area contributed by atoms with E-state index in [1.807, 2.05) is 24.3 Å². The van der Waals surface area contributed by atoms with E-state index >= 15 is 0 Å². The fourth-order valence-corrected chi connectivity index (χ4v) is 3.42. The van der Waals surface area contributed by atoms with Crippen molar-refractivity contribution in [3.05, 3.63) is 42.0 Å². The summed E-state index contributed by atoms with van der Waals surface area (Å²) >= 11 is 0. The van der Waals surface area contributed by atoms with Crippen LogP contribution in [0.2, 0.25) is 0 Å². The first-order valence-corrected chi connectivity index (χ1v) is 12.3. The molecule has 0 saturated heterocycles. The molecular formula is C23H36NNaO4S. The molecule has 0 spiro atoms. The minimum atomic E-state index is -4.57. The van der Waals surface area contributed by atoms with Crippen molar-refractivity contribution in [1.82, 2.24) is 5.32 Å².